The Morgan fingerprint density at radius 1 is 1.19 bits per heavy atom. The van der Waals surface area contributed by atoms with Crippen molar-refractivity contribution in [3.05, 3.63) is 59.9 Å². The van der Waals surface area contributed by atoms with Gasteiger partial charge in [0.15, 0.2) is 0 Å². The third kappa shape index (κ3) is 3.21. The van der Waals surface area contributed by atoms with E-state index in [4.69, 9.17) is 0 Å². The number of carboxylic acids is 1. The van der Waals surface area contributed by atoms with E-state index in [1.807, 2.05) is 12.1 Å². The van der Waals surface area contributed by atoms with Crippen LogP contribution in [0.25, 0.3) is 0 Å². The number of hydrogen-bond donors (Lipinski definition) is 3. The van der Waals surface area contributed by atoms with Crippen molar-refractivity contribution < 1.29 is 14.7 Å². The first-order valence-electron chi connectivity index (χ1n) is 8.72. The molecule has 3 atom stereocenters. The Bertz CT molecular complexity index is 886. The molecule has 0 radical (unpaired) electrons. The number of carbonyl (C=O) groups is 2. The summed E-state index contributed by atoms with van der Waals surface area (Å²) in [5, 5.41) is 15.4. The van der Waals surface area contributed by atoms with Crippen LogP contribution in [0.5, 0.6) is 0 Å². The molecule has 3 heterocycles. The number of carboxylic acid groups (broad SMARTS) is 1. The molecule has 1 saturated heterocycles. The molecule has 0 saturated carbocycles. The summed E-state index contributed by atoms with van der Waals surface area (Å²) >= 11 is 0. The predicted molar refractivity (Wildman–Crippen MR) is 99.9 cm³/mol. The second-order valence-corrected chi connectivity index (χ2v) is 6.53. The third-order valence-electron chi connectivity index (χ3n) is 5.00. The molecule has 0 spiro atoms. The van der Waals surface area contributed by atoms with E-state index in [2.05, 4.69) is 20.6 Å². The van der Waals surface area contributed by atoms with E-state index in [0.717, 1.165) is 12.0 Å². The number of amides is 2. The maximum Gasteiger partial charge on any atom is 0.337 e. The number of hydrogen-bond acceptors (Lipinski definition) is 5. The summed E-state index contributed by atoms with van der Waals surface area (Å²) in [6, 6.07) is 9.63. The average molecular weight is 365 g/mol. The van der Waals surface area contributed by atoms with Crippen LogP contribution < -0.4 is 10.6 Å². The molecule has 0 aliphatic carbocycles. The number of pyridine rings is 1. The number of aliphatic imine (C=N–C) groups is 1. The summed E-state index contributed by atoms with van der Waals surface area (Å²) in [6.45, 7) is 0.533. The van der Waals surface area contributed by atoms with Gasteiger partial charge in [-0.2, -0.15) is 0 Å². The zero-order chi connectivity index (χ0) is 18.8. The van der Waals surface area contributed by atoms with Gasteiger partial charge in [0.05, 0.1) is 35.7 Å². The van der Waals surface area contributed by atoms with Crippen LogP contribution in [-0.2, 0) is 0 Å². The molecule has 0 bridgehead atoms. The van der Waals surface area contributed by atoms with Crippen molar-refractivity contribution in [1.82, 2.24) is 15.2 Å². The normalized spacial score (nSPS) is 23.4. The number of nitrogens with zero attached hydrogens (tertiary/aromatic N) is 3. The molecule has 8 heteroatoms. The lowest BCUT2D eigenvalue weighted by Gasteiger charge is -2.41. The second kappa shape index (κ2) is 7.06. The molecule has 8 nitrogen and oxygen atoms in total. The number of piperidine rings is 1. The lowest BCUT2D eigenvalue weighted by atomic mass is 9.88. The van der Waals surface area contributed by atoms with Crippen molar-refractivity contribution in [3.63, 3.8) is 0 Å². The minimum atomic E-state index is -1.08. The van der Waals surface area contributed by atoms with E-state index in [-0.39, 0.29) is 35.4 Å². The number of aromatic carboxylic acids is 1. The summed E-state index contributed by atoms with van der Waals surface area (Å²) in [6.07, 6.45) is 5.85. The zero-order valence-corrected chi connectivity index (χ0v) is 14.4. The Hall–Kier alpha value is -3.42. The van der Waals surface area contributed by atoms with E-state index < -0.39 is 5.97 Å². The Kier molecular flexibility index (Phi) is 4.45. The molecule has 1 aromatic carbocycles. The van der Waals surface area contributed by atoms with Crippen LogP contribution in [0.3, 0.4) is 0 Å². The highest BCUT2D eigenvalue weighted by atomic mass is 16.4. The Balaban J connectivity index is 1.64. The minimum Gasteiger partial charge on any atom is -0.478 e. The SMILES string of the molecule is O=C(O)c1ccccc1NC(=O)N1CCC2NC=NC2C1c1ccncc1. The topological polar surface area (TPSA) is 107 Å². The van der Waals surface area contributed by atoms with Gasteiger partial charge in [0.2, 0.25) is 0 Å². The van der Waals surface area contributed by atoms with Crippen LogP contribution in [0, 0.1) is 0 Å². The maximum absolute atomic E-state index is 13.0. The van der Waals surface area contributed by atoms with Gasteiger partial charge in [-0.05, 0) is 36.2 Å². The highest BCUT2D eigenvalue weighted by Crippen LogP contribution is 2.35. The first-order valence-corrected chi connectivity index (χ1v) is 8.72. The van der Waals surface area contributed by atoms with Gasteiger partial charge in [0.1, 0.15) is 0 Å². The van der Waals surface area contributed by atoms with Gasteiger partial charge in [-0.15, -0.1) is 0 Å². The largest absolute Gasteiger partial charge is 0.478 e. The summed E-state index contributed by atoms with van der Waals surface area (Å²) in [7, 11) is 0. The average Bonchev–Trinajstić information content (AvgIpc) is 3.17. The van der Waals surface area contributed by atoms with Gasteiger partial charge in [-0.1, -0.05) is 12.1 Å². The molecule has 2 amide bonds. The highest BCUT2D eigenvalue weighted by molar-refractivity contribution is 6.00. The molecular formula is C19H19N5O3. The van der Waals surface area contributed by atoms with Crippen LogP contribution in [0.2, 0.25) is 0 Å². The van der Waals surface area contributed by atoms with Crippen LogP contribution in [-0.4, -0.2) is 52.0 Å². The first kappa shape index (κ1) is 17.0. The fourth-order valence-corrected chi connectivity index (χ4v) is 3.72. The second-order valence-electron chi connectivity index (χ2n) is 6.53. The fourth-order valence-electron chi connectivity index (χ4n) is 3.72. The van der Waals surface area contributed by atoms with Crippen LogP contribution in [0.1, 0.15) is 28.4 Å². The lowest BCUT2D eigenvalue weighted by Crippen LogP contribution is -2.53. The minimum absolute atomic E-state index is 0.0572. The number of urea groups is 1. The Morgan fingerprint density at radius 2 is 1.96 bits per heavy atom. The first-order chi connectivity index (χ1) is 13.1. The Labute approximate surface area is 155 Å². The molecule has 2 aromatic rings. The lowest BCUT2D eigenvalue weighted by molar-refractivity contribution is 0.0698. The molecule has 2 aliphatic rings. The molecule has 1 fully saturated rings. The summed E-state index contributed by atoms with van der Waals surface area (Å²) < 4.78 is 0. The number of carbonyl (C=O) groups excluding carboxylic acids is 1. The highest BCUT2D eigenvalue weighted by Gasteiger charge is 2.42. The van der Waals surface area contributed by atoms with Crippen molar-refractivity contribution in [2.45, 2.75) is 24.5 Å². The van der Waals surface area contributed by atoms with E-state index in [0.29, 0.717) is 6.54 Å². The number of rotatable bonds is 3. The number of aromatic nitrogens is 1. The van der Waals surface area contributed by atoms with Gasteiger partial charge in [0, 0.05) is 18.9 Å². The molecule has 4 rings (SSSR count). The molecule has 2 aliphatic heterocycles. The van der Waals surface area contributed by atoms with E-state index in [1.54, 1.807) is 41.8 Å². The molecule has 138 valence electrons. The molecular weight excluding hydrogens is 346 g/mol. The van der Waals surface area contributed by atoms with Gasteiger partial charge < -0.3 is 20.6 Å². The van der Waals surface area contributed by atoms with E-state index in [9.17, 15) is 14.7 Å². The van der Waals surface area contributed by atoms with Crippen LogP contribution >= 0.6 is 0 Å². The van der Waals surface area contributed by atoms with E-state index in [1.165, 1.54) is 6.07 Å². The van der Waals surface area contributed by atoms with Crippen LogP contribution in [0.4, 0.5) is 10.5 Å². The number of fused-ring (bicyclic) bond motifs is 1. The van der Waals surface area contributed by atoms with Crippen LogP contribution in [0.15, 0.2) is 53.8 Å². The van der Waals surface area contributed by atoms with Crippen molar-refractivity contribution in [3.8, 4) is 0 Å². The maximum atomic E-state index is 13.0. The quantitative estimate of drug-likeness (QED) is 0.772. The summed E-state index contributed by atoms with van der Waals surface area (Å²) in [4.78, 5) is 34.8. The number of nitrogens with one attached hydrogen (secondary N) is 2. The zero-order valence-electron chi connectivity index (χ0n) is 14.4. The fraction of sp³-hybridized carbons (Fsp3) is 0.263. The van der Waals surface area contributed by atoms with Crippen molar-refractivity contribution >= 4 is 24.0 Å². The smallest absolute Gasteiger partial charge is 0.337 e. The molecule has 3 N–H and O–H groups in total. The predicted octanol–water partition coefficient (Wildman–Crippen LogP) is 2.13. The molecule has 1 aromatic heterocycles. The summed E-state index contributed by atoms with van der Waals surface area (Å²) in [5.41, 5.74) is 1.28. The summed E-state index contributed by atoms with van der Waals surface area (Å²) in [5.74, 6) is -1.08. The van der Waals surface area contributed by atoms with Crippen molar-refractivity contribution in [2.24, 2.45) is 4.99 Å². The van der Waals surface area contributed by atoms with Gasteiger partial charge in [0.25, 0.3) is 0 Å². The van der Waals surface area contributed by atoms with Gasteiger partial charge in [-0.25, -0.2) is 9.59 Å². The third-order valence-corrected chi connectivity index (χ3v) is 5.00. The number of benzene rings is 1. The van der Waals surface area contributed by atoms with Gasteiger partial charge >= 0.3 is 12.0 Å². The number of para-hydroxylation sites is 1. The van der Waals surface area contributed by atoms with E-state index >= 15 is 0 Å². The molecule has 3 unspecified atom stereocenters. The number of anilines is 1. The molecule has 27 heavy (non-hydrogen) atoms. The van der Waals surface area contributed by atoms with Crippen molar-refractivity contribution in [1.29, 1.82) is 0 Å². The van der Waals surface area contributed by atoms with Gasteiger partial charge in [-0.3, -0.25) is 9.98 Å². The monoisotopic (exact) mass is 365 g/mol. The van der Waals surface area contributed by atoms with Crippen molar-refractivity contribution in [2.75, 3.05) is 11.9 Å². The Morgan fingerprint density at radius 3 is 2.74 bits per heavy atom. The number of likely N-dealkylation sites (tertiary alicyclic amines) is 1. The standard InChI is InChI=1S/C19H19N5O3/c25-18(26)13-3-1-2-4-14(13)23-19(27)24-10-7-15-16(22-11-21-15)17(24)12-5-8-20-9-6-12/h1-6,8-9,11,15-17H,7,10H2,(H,21,22)(H,23,27)(H,25,26).